The van der Waals surface area contributed by atoms with Crippen molar-refractivity contribution in [3.8, 4) is 5.75 Å². The average Bonchev–Trinajstić information content (AvgIpc) is 2.79. The molecule has 0 bridgehead atoms. The van der Waals surface area contributed by atoms with Gasteiger partial charge in [-0.1, -0.05) is 12.1 Å². The first kappa shape index (κ1) is 11.4. The van der Waals surface area contributed by atoms with Gasteiger partial charge in [0, 0.05) is 6.54 Å². The summed E-state index contributed by atoms with van der Waals surface area (Å²) in [6, 6.07) is 6.56. The van der Waals surface area contributed by atoms with Crippen LogP contribution in [0.5, 0.6) is 5.75 Å². The largest absolute Gasteiger partial charge is 0.490 e. The number of ether oxygens (including phenoxy) is 1. The molecule has 0 radical (unpaired) electrons. The molecule has 0 atom stereocenters. The zero-order chi connectivity index (χ0) is 11.2. The van der Waals surface area contributed by atoms with Crippen LogP contribution < -0.4 is 4.74 Å². The summed E-state index contributed by atoms with van der Waals surface area (Å²) in [5, 5.41) is 0. The van der Waals surface area contributed by atoms with Crippen LogP contribution in [0.3, 0.4) is 0 Å². The minimum Gasteiger partial charge on any atom is -0.490 e. The van der Waals surface area contributed by atoms with Crippen molar-refractivity contribution in [2.45, 2.75) is 19.3 Å². The van der Waals surface area contributed by atoms with Crippen molar-refractivity contribution in [2.75, 3.05) is 26.2 Å². The summed E-state index contributed by atoms with van der Waals surface area (Å²) < 4.78 is 18.6. The van der Waals surface area contributed by atoms with Gasteiger partial charge < -0.3 is 9.64 Å². The van der Waals surface area contributed by atoms with Gasteiger partial charge in [-0.05, 0) is 44.5 Å². The van der Waals surface area contributed by atoms with Gasteiger partial charge in [0.15, 0.2) is 11.6 Å². The number of nitrogens with zero attached hydrogens (tertiary/aromatic N) is 1. The van der Waals surface area contributed by atoms with E-state index in [9.17, 15) is 4.39 Å². The maximum Gasteiger partial charge on any atom is 0.165 e. The van der Waals surface area contributed by atoms with Crippen LogP contribution in [0.4, 0.5) is 4.39 Å². The Balaban J connectivity index is 1.66. The van der Waals surface area contributed by atoms with Gasteiger partial charge in [-0.25, -0.2) is 4.39 Å². The van der Waals surface area contributed by atoms with Crippen molar-refractivity contribution in [1.82, 2.24) is 4.90 Å². The van der Waals surface area contributed by atoms with E-state index in [1.807, 2.05) is 0 Å². The first-order valence-corrected chi connectivity index (χ1v) is 5.96. The molecule has 0 saturated carbocycles. The van der Waals surface area contributed by atoms with E-state index in [-0.39, 0.29) is 5.82 Å². The fourth-order valence-corrected chi connectivity index (χ4v) is 2.04. The van der Waals surface area contributed by atoms with Gasteiger partial charge in [-0.15, -0.1) is 0 Å². The summed E-state index contributed by atoms with van der Waals surface area (Å²) in [4.78, 5) is 2.44. The zero-order valence-corrected chi connectivity index (χ0v) is 9.49. The Hall–Kier alpha value is -1.09. The lowest BCUT2D eigenvalue weighted by atomic mass is 10.3. The summed E-state index contributed by atoms with van der Waals surface area (Å²) in [6.45, 7) is 4.07. The Morgan fingerprint density at radius 2 is 1.94 bits per heavy atom. The minimum absolute atomic E-state index is 0.274. The predicted molar refractivity (Wildman–Crippen MR) is 62.2 cm³/mol. The first-order chi connectivity index (χ1) is 7.86. The van der Waals surface area contributed by atoms with E-state index in [0.29, 0.717) is 12.4 Å². The lowest BCUT2D eigenvalue weighted by Gasteiger charge is -2.14. The third-order valence-corrected chi connectivity index (χ3v) is 2.91. The highest BCUT2D eigenvalue weighted by Crippen LogP contribution is 2.15. The molecule has 1 aliphatic rings. The molecular formula is C13H18FNO. The van der Waals surface area contributed by atoms with Gasteiger partial charge in [0.1, 0.15) is 0 Å². The molecule has 3 heteroatoms. The number of para-hydroxylation sites is 1. The van der Waals surface area contributed by atoms with E-state index in [0.717, 1.165) is 13.0 Å². The molecule has 2 nitrogen and oxygen atoms in total. The van der Waals surface area contributed by atoms with E-state index >= 15 is 0 Å². The second-order valence-electron chi connectivity index (χ2n) is 4.18. The van der Waals surface area contributed by atoms with Crippen molar-refractivity contribution in [3.05, 3.63) is 30.1 Å². The third kappa shape index (κ3) is 3.20. The summed E-state index contributed by atoms with van der Waals surface area (Å²) in [5.41, 5.74) is 0. The van der Waals surface area contributed by atoms with Gasteiger partial charge in [-0.2, -0.15) is 0 Å². The molecule has 1 aromatic carbocycles. The second kappa shape index (κ2) is 5.85. The van der Waals surface area contributed by atoms with E-state index in [1.54, 1.807) is 18.2 Å². The molecule has 1 heterocycles. The molecule has 2 rings (SSSR count). The van der Waals surface area contributed by atoms with Crippen LogP contribution >= 0.6 is 0 Å². The fraction of sp³-hybridized carbons (Fsp3) is 0.538. The maximum atomic E-state index is 13.2. The van der Waals surface area contributed by atoms with Crippen molar-refractivity contribution >= 4 is 0 Å². The number of hydrogen-bond donors (Lipinski definition) is 0. The molecule has 1 aromatic rings. The average molecular weight is 223 g/mol. The number of benzene rings is 1. The summed E-state index contributed by atoms with van der Waals surface area (Å²) >= 11 is 0. The van der Waals surface area contributed by atoms with Crippen molar-refractivity contribution in [3.63, 3.8) is 0 Å². The molecular weight excluding hydrogens is 205 g/mol. The van der Waals surface area contributed by atoms with Gasteiger partial charge in [0.25, 0.3) is 0 Å². The quantitative estimate of drug-likeness (QED) is 0.712. The molecule has 0 unspecified atom stereocenters. The molecule has 1 fully saturated rings. The van der Waals surface area contributed by atoms with Crippen LogP contribution in [0, 0.1) is 5.82 Å². The van der Waals surface area contributed by atoms with Crippen molar-refractivity contribution in [1.29, 1.82) is 0 Å². The van der Waals surface area contributed by atoms with E-state index in [2.05, 4.69) is 4.90 Å². The van der Waals surface area contributed by atoms with Crippen LogP contribution in [0.25, 0.3) is 0 Å². The topological polar surface area (TPSA) is 12.5 Å². The normalized spacial score (nSPS) is 16.6. The summed E-state index contributed by atoms with van der Waals surface area (Å²) in [6.07, 6.45) is 3.59. The molecule has 1 saturated heterocycles. The van der Waals surface area contributed by atoms with Crippen LogP contribution in [-0.2, 0) is 0 Å². The number of hydrogen-bond acceptors (Lipinski definition) is 2. The highest BCUT2D eigenvalue weighted by Gasteiger charge is 2.10. The smallest absolute Gasteiger partial charge is 0.165 e. The molecule has 0 N–H and O–H groups in total. The summed E-state index contributed by atoms with van der Waals surface area (Å²) in [7, 11) is 0. The van der Waals surface area contributed by atoms with Gasteiger partial charge >= 0.3 is 0 Å². The Morgan fingerprint density at radius 3 is 2.69 bits per heavy atom. The number of likely N-dealkylation sites (tertiary alicyclic amines) is 1. The molecule has 0 aromatic heterocycles. The standard InChI is InChI=1S/C13H18FNO/c14-12-6-1-2-7-13(12)16-11-5-10-15-8-3-4-9-15/h1-2,6-7H,3-5,8-11H2. The second-order valence-corrected chi connectivity index (χ2v) is 4.18. The van der Waals surface area contributed by atoms with E-state index in [4.69, 9.17) is 4.74 Å². The monoisotopic (exact) mass is 223 g/mol. The Labute approximate surface area is 96.0 Å². The first-order valence-electron chi connectivity index (χ1n) is 5.96. The van der Waals surface area contributed by atoms with Crippen molar-refractivity contribution in [2.24, 2.45) is 0 Å². The Morgan fingerprint density at radius 1 is 1.19 bits per heavy atom. The van der Waals surface area contributed by atoms with Crippen LogP contribution in [0.1, 0.15) is 19.3 Å². The maximum absolute atomic E-state index is 13.2. The minimum atomic E-state index is -0.274. The van der Waals surface area contributed by atoms with E-state index < -0.39 is 0 Å². The Kier molecular flexibility index (Phi) is 4.17. The van der Waals surface area contributed by atoms with Gasteiger partial charge in [0.05, 0.1) is 6.61 Å². The molecule has 0 amide bonds. The van der Waals surface area contributed by atoms with E-state index in [1.165, 1.54) is 32.0 Å². The SMILES string of the molecule is Fc1ccccc1OCCCN1CCCC1. The number of halogens is 1. The number of rotatable bonds is 5. The molecule has 16 heavy (non-hydrogen) atoms. The lowest BCUT2D eigenvalue weighted by Crippen LogP contribution is -2.21. The van der Waals surface area contributed by atoms with Crippen LogP contribution in [0.15, 0.2) is 24.3 Å². The molecule has 0 spiro atoms. The Bertz CT molecular complexity index is 323. The molecule has 1 aliphatic heterocycles. The molecule has 0 aliphatic carbocycles. The van der Waals surface area contributed by atoms with Crippen LogP contribution in [0.2, 0.25) is 0 Å². The highest BCUT2D eigenvalue weighted by atomic mass is 19.1. The third-order valence-electron chi connectivity index (χ3n) is 2.91. The molecule has 88 valence electrons. The van der Waals surface area contributed by atoms with Gasteiger partial charge in [-0.3, -0.25) is 0 Å². The van der Waals surface area contributed by atoms with Crippen molar-refractivity contribution < 1.29 is 9.13 Å². The zero-order valence-electron chi connectivity index (χ0n) is 9.49. The van der Waals surface area contributed by atoms with Gasteiger partial charge in [0.2, 0.25) is 0 Å². The summed E-state index contributed by atoms with van der Waals surface area (Å²) in [5.74, 6) is 0.0904. The fourth-order valence-electron chi connectivity index (χ4n) is 2.04. The lowest BCUT2D eigenvalue weighted by molar-refractivity contribution is 0.256. The highest BCUT2D eigenvalue weighted by molar-refractivity contribution is 5.23. The predicted octanol–water partition coefficient (Wildman–Crippen LogP) is 2.69. The van der Waals surface area contributed by atoms with Crippen LogP contribution in [-0.4, -0.2) is 31.1 Å².